The van der Waals surface area contributed by atoms with Crippen molar-refractivity contribution < 1.29 is 9.59 Å². The summed E-state index contributed by atoms with van der Waals surface area (Å²) in [5.41, 5.74) is 6.30. The number of rotatable bonds is 6. The summed E-state index contributed by atoms with van der Waals surface area (Å²) in [5.74, 6) is 0.542. The van der Waals surface area contributed by atoms with Gasteiger partial charge in [-0.1, -0.05) is 18.2 Å². The van der Waals surface area contributed by atoms with Gasteiger partial charge in [-0.05, 0) is 61.6 Å². The molecule has 1 heterocycles. The van der Waals surface area contributed by atoms with Gasteiger partial charge < -0.3 is 15.5 Å². The lowest BCUT2D eigenvalue weighted by atomic mass is 10.0. The molecule has 1 unspecified atom stereocenters. The van der Waals surface area contributed by atoms with Crippen LogP contribution in [0.1, 0.15) is 49.4 Å². The third kappa shape index (κ3) is 4.65. The Kier molecular flexibility index (Phi) is 6.01. The monoisotopic (exact) mass is 392 g/mol. The van der Waals surface area contributed by atoms with Crippen LogP contribution in [0.3, 0.4) is 0 Å². The van der Waals surface area contributed by atoms with Crippen LogP contribution in [0.25, 0.3) is 0 Å². The molecule has 2 aromatic rings. The Bertz CT molecular complexity index is 950. The second kappa shape index (κ2) is 8.47. The summed E-state index contributed by atoms with van der Waals surface area (Å²) in [6.45, 7) is 9.22. The van der Waals surface area contributed by atoms with Crippen LogP contribution in [0.2, 0.25) is 0 Å². The minimum Gasteiger partial charge on any atom is -0.377 e. The molecule has 1 aliphatic rings. The van der Waals surface area contributed by atoms with Gasteiger partial charge >= 0.3 is 0 Å². The summed E-state index contributed by atoms with van der Waals surface area (Å²) in [7, 11) is 1.71. The normalized spacial score (nSPS) is 14.8. The van der Waals surface area contributed by atoms with Crippen molar-refractivity contribution in [3.8, 4) is 0 Å². The van der Waals surface area contributed by atoms with E-state index in [2.05, 4.69) is 35.2 Å². The summed E-state index contributed by atoms with van der Waals surface area (Å²) >= 11 is 0. The van der Waals surface area contributed by atoms with E-state index in [1.165, 1.54) is 23.0 Å². The molecule has 1 atom stereocenters. The average Bonchev–Trinajstić information content (AvgIpc) is 3.07. The Morgan fingerprint density at radius 3 is 2.62 bits per heavy atom. The van der Waals surface area contributed by atoms with Crippen molar-refractivity contribution in [1.29, 1.82) is 0 Å². The second-order valence-corrected chi connectivity index (χ2v) is 7.71. The molecule has 29 heavy (non-hydrogen) atoms. The topological polar surface area (TPSA) is 74.3 Å². The quantitative estimate of drug-likeness (QED) is 0.716. The standard InChI is InChI=1S/C23H28N4O2/c1-14(2)12-23(29)26-20-9-8-19-18(15(20)3)7-10-21(19)25-17-6-11-22(24-13-17)27(5)16(4)28/h6,8-9,11,13,21,25H,1,7,10,12H2,2-5H3,(H,26,29). The van der Waals surface area contributed by atoms with Crippen LogP contribution in [0, 0.1) is 6.92 Å². The highest BCUT2D eigenvalue weighted by Crippen LogP contribution is 2.38. The van der Waals surface area contributed by atoms with E-state index < -0.39 is 0 Å². The Labute approximate surface area is 172 Å². The summed E-state index contributed by atoms with van der Waals surface area (Å²) in [4.78, 5) is 29.4. The van der Waals surface area contributed by atoms with Gasteiger partial charge in [0.05, 0.1) is 17.9 Å². The number of pyridine rings is 1. The highest BCUT2D eigenvalue weighted by atomic mass is 16.2. The predicted molar refractivity (Wildman–Crippen MR) is 117 cm³/mol. The third-order valence-corrected chi connectivity index (χ3v) is 5.33. The second-order valence-electron chi connectivity index (χ2n) is 7.71. The molecule has 1 aromatic heterocycles. The molecule has 152 valence electrons. The zero-order chi connectivity index (χ0) is 21.1. The molecule has 6 nitrogen and oxygen atoms in total. The molecule has 6 heteroatoms. The Hall–Kier alpha value is -3.15. The molecule has 0 saturated carbocycles. The molecule has 0 saturated heterocycles. The predicted octanol–water partition coefficient (Wildman–Crippen LogP) is 4.38. The van der Waals surface area contributed by atoms with E-state index in [1.807, 2.05) is 25.1 Å². The summed E-state index contributed by atoms with van der Waals surface area (Å²) < 4.78 is 0. The SMILES string of the molecule is C=C(C)CC(=O)Nc1ccc2c(c1C)CCC2Nc1ccc(N(C)C(C)=O)nc1. The third-order valence-electron chi connectivity index (χ3n) is 5.33. The lowest BCUT2D eigenvalue weighted by molar-refractivity contribution is -0.116. The van der Waals surface area contributed by atoms with E-state index in [9.17, 15) is 9.59 Å². The van der Waals surface area contributed by atoms with E-state index >= 15 is 0 Å². The van der Waals surface area contributed by atoms with Crippen LogP contribution < -0.4 is 15.5 Å². The molecule has 3 rings (SSSR count). The van der Waals surface area contributed by atoms with Crippen molar-refractivity contribution in [3.63, 3.8) is 0 Å². The molecule has 2 N–H and O–H groups in total. The number of aromatic nitrogens is 1. The van der Waals surface area contributed by atoms with Crippen molar-refractivity contribution >= 4 is 29.0 Å². The van der Waals surface area contributed by atoms with E-state index in [0.717, 1.165) is 35.4 Å². The van der Waals surface area contributed by atoms with E-state index in [-0.39, 0.29) is 17.9 Å². The van der Waals surface area contributed by atoms with Crippen molar-refractivity contribution in [1.82, 2.24) is 4.98 Å². The molecule has 1 aliphatic carbocycles. The summed E-state index contributed by atoms with van der Waals surface area (Å²) in [6, 6.07) is 8.05. The highest BCUT2D eigenvalue weighted by Gasteiger charge is 2.25. The van der Waals surface area contributed by atoms with Gasteiger partial charge in [0.2, 0.25) is 11.8 Å². The molecule has 2 amide bonds. The lowest BCUT2D eigenvalue weighted by Crippen LogP contribution is -2.23. The Morgan fingerprint density at radius 1 is 1.24 bits per heavy atom. The number of carbonyl (C=O) groups is 2. The number of nitrogens with zero attached hydrogens (tertiary/aromatic N) is 2. The van der Waals surface area contributed by atoms with Crippen molar-refractivity contribution in [2.75, 3.05) is 22.6 Å². The summed E-state index contributed by atoms with van der Waals surface area (Å²) in [6.07, 6.45) is 4.03. The first-order chi connectivity index (χ1) is 13.8. The fraction of sp³-hybridized carbons (Fsp3) is 0.348. The number of nitrogens with one attached hydrogen (secondary N) is 2. The van der Waals surface area contributed by atoms with Crippen molar-refractivity contribution in [3.05, 3.63) is 59.3 Å². The number of anilines is 3. The van der Waals surface area contributed by atoms with E-state index in [1.54, 1.807) is 13.2 Å². The molecule has 0 bridgehead atoms. The molecule has 0 aliphatic heterocycles. The van der Waals surface area contributed by atoms with Crippen LogP contribution in [-0.4, -0.2) is 23.8 Å². The molecular weight excluding hydrogens is 364 g/mol. The van der Waals surface area contributed by atoms with Gasteiger partial charge in [-0.2, -0.15) is 0 Å². The van der Waals surface area contributed by atoms with Gasteiger partial charge in [-0.3, -0.25) is 9.59 Å². The van der Waals surface area contributed by atoms with Gasteiger partial charge in [0.25, 0.3) is 0 Å². The Morgan fingerprint density at radius 2 is 2.00 bits per heavy atom. The number of amides is 2. The van der Waals surface area contributed by atoms with E-state index in [0.29, 0.717) is 12.2 Å². The number of carbonyl (C=O) groups excluding carboxylic acids is 2. The van der Waals surface area contributed by atoms with Gasteiger partial charge in [0.1, 0.15) is 5.82 Å². The zero-order valence-corrected chi connectivity index (χ0v) is 17.5. The summed E-state index contributed by atoms with van der Waals surface area (Å²) in [5, 5.41) is 6.54. The van der Waals surface area contributed by atoms with Gasteiger partial charge in [0, 0.05) is 26.1 Å². The Balaban J connectivity index is 1.73. The average molecular weight is 393 g/mol. The van der Waals surface area contributed by atoms with Gasteiger partial charge in [0.15, 0.2) is 0 Å². The highest BCUT2D eigenvalue weighted by molar-refractivity contribution is 5.93. The molecule has 0 radical (unpaired) electrons. The fourth-order valence-electron chi connectivity index (χ4n) is 3.67. The first kappa shape index (κ1) is 20.6. The molecule has 0 spiro atoms. The van der Waals surface area contributed by atoms with Crippen LogP contribution >= 0.6 is 0 Å². The lowest BCUT2D eigenvalue weighted by Gasteiger charge is -2.18. The van der Waals surface area contributed by atoms with Crippen LogP contribution in [-0.2, 0) is 16.0 Å². The molecule has 1 aromatic carbocycles. The van der Waals surface area contributed by atoms with Crippen LogP contribution in [0.5, 0.6) is 0 Å². The first-order valence-electron chi connectivity index (χ1n) is 9.79. The largest absolute Gasteiger partial charge is 0.377 e. The number of fused-ring (bicyclic) bond motifs is 1. The van der Waals surface area contributed by atoms with Crippen LogP contribution in [0.15, 0.2) is 42.6 Å². The first-order valence-corrected chi connectivity index (χ1v) is 9.79. The fourth-order valence-corrected chi connectivity index (χ4v) is 3.67. The minimum atomic E-state index is -0.0513. The number of benzene rings is 1. The zero-order valence-electron chi connectivity index (χ0n) is 17.5. The van der Waals surface area contributed by atoms with Crippen molar-refractivity contribution in [2.24, 2.45) is 0 Å². The smallest absolute Gasteiger partial charge is 0.228 e. The van der Waals surface area contributed by atoms with Crippen molar-refractivity contribution in [2.45, 2.75) is 46.1 Å². The van der Waals surface area contributed by atoms with Crippen LogP contribution in [0.4, 0.5) is 17.2 Å². The number of hydrogen-bond donors (Lipinski definition) is 2. The molecule has 0 fully saturated rings. The minimum absolute atomic E-state index is 0.0325. The van der Waals surface area contributed by atoms with Gasteiger partial charge in [-0.25, -0.2) is 4.98 Å². The maximum absolute atomic E-state index is 12.1. The maximum atomic E-state index is 12.1. The maximum Gasteiger partial charge on any atom is 0.228 e. The van der Waals surface area contributed by atoms with Gasteiger partial charge in [-0.15, -0.1) is 0 Å². The number of hydrogen-bond acceptors (Lipinski definition) is 4. The molecular formula is C23H28N4O2. The van der Waals surface area contributed by atoms with E-state index in [4.69, 9.17) is 0 Å².